The Balaban J connectivity index is 2.20. The summed E-state index contributed by atoms with van der Waals surface area (Å²) in [7, 11) is 0. The van der Waals surface area contributed by atoms with Gasteiger partial charge in [-0.05, 0) is 6.92 Å². The van der Waals surface area contributed by atoms with Gasteiger partial charge in [0.15, 0.2) is 0 Å². The minimum Gasteiger partial charge on any atom is -0.253 e. The molecule has 2 rings (SSSR count). The summed E-state index contributed by atoms with van der Waals surface area (Å²) in [5, 5.41) is 6.75. The van der Waals surface area contributed by atoms with Crippen LogP contribution in [0.25, 0.3) is 11.3 Å². The minimum atomic E-state index is 0.812. The molecule has 0 saturated carbocycles. The summed E-state index contributed by atoms with van der Waals surface area (Å²) in [5.41, 5.74) is 4.97. The van der Waals surface area contributed by atoms with Gasteiger partial charge in [0, 0.05) is 17.2 Å². The molecule has 0 spiro atoms. The van der Waals surface area contributed by atoms with Gasteiger partial charge in [0.2, 0.25) is 5.13 Å². The molecular formula is C11H11N3S. The van der Waals surface area contributed by atoms with Crippen molar-refractivity contribution in [1.29, 1.82) is 0 Å². The van der Waals surface area contributed by atoms with Gasteiger partial charge in [0.25, 0.3) is 0 Å². The number of nitrogens with zero attached hydrogens (tertiary/aromatic N) is 2. The molecule has 1 heterocycles. The summed E-state index contributed by atoms with van der Waals surface area (Å²) in [6.07, 6.45) is 1.70. The van der Waals surface area contributed by atoms with Gasteiger partial charge in [0.05, 0.1) is 5.69 Å². The van der Waals surface area contributed by atoms with Crippen LogP contribution >= 0.6 is 11.3 Å². The molecule has 0 atom stereocenters. The van der Waals surface area contributed by atoms with Crippen LogP contribution in [0.5, 0.6) is 0 Å². The number of hydrazone groups is 1. The molecule has 0 bridgehead atoms. The molecule has 1 aromatic carbocycles. The fraction of sp³-hybridized carbons (Fsp3) is 0.0909. The van der Waals surface area contributed by atoms with Gasteiger partial charge in [-0.1, -0.05) is 30.3 Å². The van der Waals surface area contributed by atoms with E-state index < -0.39 is 0 Å². The highest BCUT2D eigenvalue weighted by atomic mass is 32.1. The average Bonchev–Trinajstić information content (AvgIpc) is 2.76. The van der Waals surface area contributed by atoms with Crippen LogP contribution in [0.4, 0.5) is 5.13 Å². The number of thiazole rings is 1. The maximum Gasteiger partial charge on any atom is 0.203 e. The Hall–Kier alpha value is -1.68. The highest BCUT2D eigenvalue weighted by molar-refractivity contribution is 7.14. The lowest BCUT2D eigenvalue weighted by atomic mass is 10.2. The first kappa shape index (κ1) is 9.86. The maximum atomic E-state index is 4.41. The van der Waals surface area contributed by atoms with Crippen LogP contribution < -0.4 is 5.43 Å². The number of anilines is 1. The minimum absolute atomic E-state index is 0.812. The van der Waals surface area contributed by atoms with E-state index in [0.29, 0.717) is 0 Å². The van der Waals surface area contributed by atoms with E-state index in [2.05, 4.69) is 15.5 Å². The number of hydrogen-bond donors (Lipinski definition) is 1. The van der Waals surface area contributed by atoms with E-state index in [0.717, 1.165) is 16.4 Å². The molecule has 3 nitrogen and oxygen atoms in total. The Kier molecular flexibility index (Phi) is 3.09. The molecule has 0 amide bonds. The largest absolute Gasteiger partial charge is 0.253 e. The SMILES string of the molecule is CC=NNc1nc(-c2ccccc2)cs1. The molecule has 0 aliphatic heterocycles. The van der Waals surface area contributed by atoms with E-state index in [1.165, 1.54) is 0 Å². The van der Waals surface area contributed by atoms with Crippen molar-refractivity contribution in [3.05, 3.63) is 35.7 Å². The Labute approximate surface area is 92.5 Å². The molecule has 2 aromatic rings. The molecule has 0 unspecified atom stereocenters. The van der Waals surface area contributed by atoms with Crippen molar-refractivity contribution >= 4 is 22.7 Å². The summed E-state index contributed by atoms with van der Waals surface area (Å²) < 4.78 is 0. The van der Waals surface area contributed by atoms with Gasteiger partial charge in [0.1, 0.15) is 0 Å². The summed E-state index contributed by atoms with van der Waals surface area (Å²) in [6, 6.07) is 10.1. The summed E-state index contributed by atoms with van der Waals surface area (Å²) in [5.74, 6) is 0. The lowest BCUT2D eigenvalue weighted by Gasteiger charge is -1.94. The van der Waals surface area contributed by atoms with Gasteiger partial charge < -0.3 is 0 Å². The van der Waals surface area contributed by atoms with Crippen LogP contribution in [-0.2, 0) is 0 Å². The van der Waals surface area contributed by atoms with Crippen molar-refractivity contribution in [3.63, 3.8) is 0 Å². The van der Waals surface area contributed by atoms with Crippen molar-refractivity contribution in [1.82, 2.24) is 4.98 Å². The van der Waals surface area contributed by atoms with E-state index in [9.17, 15) is 0 Å². The smallest absolute Gasteiger partial charge is 0.203 e. The lowest BCUT2D eigenvalue weighted by Crippen LogP contribution is -1.86. The molecule has 0 aliphatic rings. The van der Waals surface area contributed by atoms with E-state index >= 15 is 0 Å². The van der Waals surface area contributed by atoms with Crippen LogP contribution in [-0.4, -0.2) is 11.2 Å². The monoisotopic (exact) mass is 217 g/mol. The Morgan fingerprint density at radius 2 is 2.13 bits per heavy atom. The third-order valence-corrected chi connectivity index (χ3v) is 2.61. The second-order valence-electron chi connectivity index (χ2n) is 2.90. The zero-order chi connectivity index (χ0) is 10.5. The van der Waals surface area contributed by atoms with Crippen LogP contribution in [0, 0.1) is 0 Å². The van der Waals surface area contributed by atoms with E-state index in [1.807, 2.05) is 42.6 Å². The van der Waals surface area contributed by atoms with Crippen molar-refractivity contribution in [2.45, 2.75) is 6.92 Å². The second kappa shape index (κ2) is 4.70. The first-order chi connectivity index (χ1) is 7.40. The van der Waals surface area contributed by atoms with Crippen LogP contribution in [0.15, 0.2) is 40.8 Å². The molecule has 0 aliphatic carbocycles. The quantitative estimate of drug-likeness (QED) is 0.633. The third kappa shape index (κ3) is 2.41. The predicted octanol–water partition coefficient (Wildman–Crippen LogP) is 3.23. The second-order valence-corrected chi connectivity index (χ2v) is 3.76. The third-order valence-electron chi connectivity index (χ3n) is 1.86. The van der Waals surface area contributed by atoms with Gasteiger partial charge >= 0.3 is 0 Å². The molecule has 0 fully saturated rings. The highest BCUT2D eigenvalue weighted by Gasteiger charge is 2.02. The maximum absolute atomic E-state index is 4.41. The number of hydrogen-bond acceptors (Lipinski definition) is 4. The van der Waals surface area contributed by atoms with Crippen molar-refractivity contribution in [3.8, 4) is 11.3 Å². The van der Waals surface area contributed by atoms with Gasteiger partial charge in [-0.3, -0.25) is 5.43 Å². The number of aromatic nitrogens is 1. The zero-order valence-corrected chi connectivity index (χ0v) is 9.16. The van der Waals surface area contributed by atoms with E-state index in [1.54, 1.807) is 17.6 Å². The highest BCUT2D eigenvalue weighted by Crippen LogP contribution is 2.24. The molecule has 76 valence electrons. The number of nitrogens with one attached hydrogen (secondary N) is 1. The van der Waals surface area contributed by atoms with E-state index in [-0.39, 0.29) is 0 Å². The Morgan fingerprint density at radius 1 is 1.33 bits per heavy atom. The van der Waals surface area contributed by atoms with Gasteiger partial charge in [-0.15, -0.1) is 11.3 Å². The van der Waals surface area contributed by atoms with Crippen molar-refractivity contribution < 1.29 is 0 Å². The fourth-order valence-electron chi connectivity index (χ4n) is 1.19. The normalized spacial score (nSPS) is 10.7. The molecule has 1 N–H and O–H groups in total. The summed E-state index contributed by atoms with van der Waals surface area (Å²) in [4.78, 5) is 4.41. The molecule has 1 aromatic heterocycles. The summed E-state index contributed by atoms with van der Waals surface area (Å²) in [6.45, 7) is 1.86. The molecule has 0 saturated heterocycles. The van der Waals surface area contributed by atoms with Gasteiger partial charge in [-0.2, -0.15) is 5.10 Å². The Morgan fingerprint density at radius 3 is 2.87 bits per heavy atom. The zero-order valence-electron chi connectivity index (χ0n) is 8.34. The fourth-order valence-corrected chi connectivity index (χ4v) is 1.85. The first-order valence-electron chi connectivity index (χ1n) is 4.65. The topological polar surface area (TPSA) is 37.3 Å². The van der Waals surface area contributed by atoms with E-state index in [4.69, 9.17) is 0 Å². The molecule has 15 heavy (non-hydrogen) atoms. The Bertz CT molecular complexity index is 448. The lowest BCUT2D eigenvalue weighted by molar-refractivity contribution is 1.29. The number of rotatable bonds is 3. The summed E-state index contributed by atoms with van der Waals surface area (Å²) >= 11 is 1.55. The predicted molar refractivity (Wildman–Crippen MR) is 65.3 cm³/mol. The van der Waals surface area contributed by atoms with Crippen LogP contribution in [0.2, 0.25) is 0 Å². The molecule has 0 radical (unpaired) electrons. The molecule has 4 heteroatoms. The molecular weight excluding hydrogens is 206 g/mol. The van der Waals surface area contributed by atoms with Crippen LogP contribution in [0.3, 0.4) is 0 Å². The van der Waals surface area contributed by atoms with Crippen molar-refractivity contribution in [2.75, 3.05) is 5.43 Å². The van der Waals surface area contributed by atoms with Crippen molar-refractivity contribution in [2.24, 2.45) is 5.10 Å². The van der Waals surface area contributed by atoms with Gasteiger partial charge in [-0.25, -0.2) is 4.98 Å². The number of benzene rings is 1. The average molecular weight is 217 g/mol. The standard InChI is InChI=1S/C11H11N3S/c1-2-12-14-11-13-10(8-15-11)9-6-4-3-5-7-9/h2-8H,1H3,(H,13,14). The van der Waals surface area contributed by atoms with Crippen LogP contribution in [0.1, 0.15) is 6.92 Å². The first-order valence-corrected chi connectivity index (χ1v) is 5.53.